The van der Waals surface area contributed by atoms with Crippen LogP contribution in [0.4, 0.5) is 0 Å². The number of rotatable bonds is 9. The summed E-state index contributed by atoms with van der Waals surface area (Å²) >= 11 is 0. The van der Waals surface area contributed by atoms with Gasteiger partial charge >= 0.3 is 0 Å². The lowest BCUT2D eigenvalue weighted by Gasteiger charge is -2.24. The van der Waals surface area contributed by atoms with E-state index in [4.69, 9.17) is 9.47 Å². The fourth-order valence-electron chi connectivity index (χ4n) is 5.55. The van der Waals surface area contributed by atoms with Gasteiger partial charge in [-0.25, -0.2) is 0 Å². The zero-order chi connectivity index (χ0) is 30.3. The third kappa shape index (κ3) is 6.37. The highest BCUT2D eigenvalue weighted by molar-refractivity contribution is 7.80. The first-order valence-electron chi connectivity index (χ1n) is 14.8. The normalized spacial score (nSPS) is 11.4. The molecule has 0 atom stereocenters. The van der Waals surface area contributed by atoms with Crippen LogP contribution in [-0.2, 0) is 0 Å². The summed E-state index contributed by atoms with van der Waals surface area (Å²) in [5, 5.41) is 4.01. The van der Waals surface area contributed by atoms with Crippen LogP contribution in [0.5, 0.6) is 11.5 Å². The molecule has 6 rings (SSSR count). The number of aryl methyl sites for hydroxylation is 1. The van der Waals surface area contributed by atoms with Gasteiger partial charge in [0.15, 0.2) is 0 Å². The van der Waals surface area contributed by atoms with Crippen LogP contribution in [0.25, 0.3) is 22.8 Å². The molecule has 216 valence electrons. The van der Waals surface area contributed by atoms with E-state index in [1.807, 2.05) is 24.3 Å². The van der Waals surface area contributed by atoms with E-state index in [2.05, 4.69) is 140 Å². The van der Waals surface area contributed by atoms with Gasteiger partial charge in [-0.15, -0.1) is 0 Å². The van der Waals surface area contributed by atoms with Crippen molar-refractivity contribution in [3.05, 3.63) is 174 Å². The van der Waals surface area contributed by atoms with Crippen LogP contribution in [-0.4, -0.2) is 14.2 Å². The zero-order valence-electron chi connectivity index (χ0n) is 25.3. The van der Waals surface area contributed by atoms with E-state index in [1.165, 1.54) is 38.2 Å². The van der Waals surface area contributed by atoms with E-state index in [1.54, 1.807) is 14.2 Å². The van der Waals surface area contributed by atoms with Gasteiger partial charge in [0.2, 0.25) is 0 Å². The fraction of sp³-hybridized carbons (Fsp3) is 0.0732. The van der Waals surface area contributed by atoms with Crippen molar-refractivity contribution in [1.29, 1.82) is 0 Å². The molecular formula is C41H35O2P. The largest absolute Gasteiger partial charge is 0.497 e. The molecule has 0 saturated carbocycles. The summed E-state index contributed by atoms with van der Waals surface area (Å²) < 4.78 is 10.9. The molecule has 0 aliphatic heterocycles. The SMILES string of the molecule is COc1ccc(/C=C(\c2ccc(OC)cc2)c2ccccc2-c2cc(C)ccc2P(c2ccccc2)c2ccccc2)cc1. The van der Waals surface area contributed by atoms with E-state index in [-0.39, 0.29) is 0 Å². The fourth-order valence-corrected chi connectivity index (χ4v) is 7.99. The minimum Gasteiger partial charge on any atom is -0.497 e. The predicted molar refractivity (Wildman–Crippen MR) is 188 cm³/mol. The lowest BCUT2D eigenvalue weighted by atomic mass is 9.89. The average Bonchev–Trinajstić information content (AvgIpc) is 3.09. The van der Waals surface area contributed by atoms with Gasteiger partial charge in [0.05, 0.1) is 14.2 Å². The molecule has 3 heteroatoms. The van der Waals surface area contributed by atoms with Crippen molar-refractivity contribution in [3.63, 3.8) is 0 Å². The third-order valence-electron chi connectivity index (χ3n) is 7.76. The molecule has 0 aromatic heterocycles. The van der Waals surface area contributed by atoms with Gasteiger partial charge in [-0.2, -0.15) is 0 Å². The second-order valence-corrected chi connectivity index (χ2v) is 12.8. The number of benzene rings is 6. The Morgan fingerprint density at radius 1 is 0.545 bits per heavy atom. The van der Waals surface area contributed by atoms with Crippen LogP contribution in [0, 0.1) is 6.92 Å². The van der Waals surface area contributed by atoms with Gasteiger partial charge in [-0.05, 0) is 94.5 Å². The number of hydrogen-bond donors (Lipinski definition) is 0. The summed E-state index contributed by atoms with van der Waals surface area (Å²) in [6.45, 7) is 2.18. The highest BCUT2D eigenvalue weighted by Crippen LogP contribution is 2.41. The van der Waals surface area contributed by atoms with Crippen molar-refractivity contribution in [2.75, 3.05) is 14.2 Å². The molecule has 0 bridgehead atoms. The Morgan fingerprint density at radius 3 is 1.68 bits per heavy atom. The van der Waals surface area contributed by atoms with Gasteiger partial charge in [0.25, 0.3) is 0 Å². The van der Waals surface area contributed by atoms with Gasteiger partial charge in [-0.3, -0.25) is 0 Å². The summed E-state index contributed by atoms with van der Waals surface area (Å²) in [5.41, 5.74) is 8.25. The molecule has 0 unspecified atom stereocenters. The van der Waals surface area contributed by atoms with Crippen molar-refractivity contribution in [2.45, 2.75) is 6.92 Å². The highest BCUT2D eigenvalue weighted by Gasteiger charge is 2.22. The third-order valence-corrected chi connectivity index (χ3v) is 10.3. The molecule has 0 radical (unpaired) electrons. The Hall–Kier alpha value is -4.91. The molecule has 0 amide bonds. The summed E-state index contributed by atoms with van der Waals surface area (Å²) in [5.74, 6) is 1.68. The standard InChI is InChI=1S/C41H35O2P/c1-30-18-27-41(44(35-12-6-4-7-13-35)36-14-8-5-9-15-36)40(28-30)38-17-11-10-16-37(38)39(32-21-25-34(43-3)26-22-32)29-31-19-23-33(42-2)24-20-31/h4-29H,1-3H3/b39-29+. The van der Waals surface area contributed by atoms with Gasteiger partial charge < -0.3 is 9.47 Å². The molecule has 6 aromatic carbocycles. The van der Waals surface area contributed by atoms with Crippen molar-refractivity contribution in [3.8, 4) is 22.6 Å². The first-order valence-corrected chi connectivity index (χ1v) is 16.1. The predicted octanol–water partition coefficient (Wildman–Crippen LogP) is 9.03. The molecule has 0 aliphatic carbocycles. The van der Waals surface area contributed by atoms with E-state index >= 15 is 0 Å². The van der Waals surface area contributed by atoms with Crippen LogP contribution >= 0.6 is 7.92 Å². The zero-order valence-corrected chi connectivity index (χ0v) is 26.2. The van der Waals surface area contributed by atoms with E-state index < -0.39 is 7.92 Å². The maximum Gasteiger partial charge on any atom is 0.118 e. The summed E-state index contributed by atoms with van der Waals surface area (Å²) in [6, 6.07) is 54.2. The minimum absolute atomic E-state index is 0.799. The first kappa shape index (κ1) is 29.2. The van der Waals surface area contributed by atoms with E-state index in [0.29, 0.717) is 0 Å². The monoisotopic (exact) mass is 590 g/mol. The summed E-state index contributed by atoms with van der Waals surface area (Å²) in [4.78, 5) is 0. The van der Waals surface area contributed by atoms with Gasteiger partial charge in [0, 0.05) is 0 Å². The Labute approximate surface area is 262 Å². The van der Waals surface area contributed by atoms with Crippen molar-refractivity contribution in [2.24, 2.45) is 0 Å². The lowest BCUT2D eigenvalue weighted by Crippen LogP contribution is -2.22. The molecule has 0 N–H and O–H groups in total. The molecule has 44 heavy (non-hydrogen) atoms. The van der Waals surface area contributed by atoms with Crippen molar-refractivity contribution in [1.82, 2.24) is 0 Å². The quantitative estimate of drug-likeness (QED) is 0.124. The second kappa shape index (κ2) is 13.6. The second-order valence-electron chi connectivity index (χ2n) is 10.6. The van der Waals surface area contributed by atoms with Crippen LogP contribution in [0.3, 0.4) is 0 Å². The minimum atomic E-state index is -0.799. The van der Waals surface area contributed by atoms with E-state index in [0.717, 1.165) is 28.2 Å². The first-order chi connectivity index (χ1) is 21.6. The number of hydrogen-bond acceptors (Lipinski definition) is 2. The van der Waals surface area contributed by atoms with Crippen molar-refractivity contribution >= 4 is 35.5 Å². The maximum absolute atomic E-state index is 5.50. The Bertz CT molecular complexity index is 1820. The molecular weight excluding hydrogens is 555 g/mol. The number of methoxy groups -OCH3 is 2. The van der Waals surface area contributed by atoms with Gasteiger partial charge in [-0.1, -0.05) is 133 Å². The topological polar surface area (TPSA) is 18.5 Å². The molecule has 0 saturated heterocycles. The smallest absolute Gasteiger partial charge is 0.118 e. The van der Waals surface area contributed by atoms with Crippen LogP contribution < -0.4 is 25.4 Å². The van der Waals surface area contributed by atoms with Crippen LogP contribution in [0.1, 0.15) is 22.3 Å². The molecule has 2 nitrogen and oxygen atoms in total. The average molecular weight is 591 g/mol. The van der Waals surface area contributed by atoms with Crippen molar-refractivity contribution < 1.29 is 9.47 Å². The highest BCUT2D eigenvalue weighted by atomic mass is 31.1. The molecule has 6 aromatic rings. The van der Waals surface area contributed by atoms with Crippen LogP contribution in [0.2, 0.25) is 0 Å². The summed E-state index contributed by atoms with van der Waals surface area (Å²) in [6.07, 6.45) is 2.27. The van der Waals surface area contributed by atoms with Gasteiger partial charge in [0.1, 0.15) is 11.5 Å². The maximum atomic E-state index is 5.50. The Balaban J connectivity index is 1.58. The Kier molecular flexibility index (Phi) is 9.01. The lowest BCUT2D eigenvalue weighted by molar-refractivity contribution is 0.414. The molecule has 0 heterocycles. The van der Waals surface area contributed by atoms with Crippen LogP contribution in [0.15, 0.2) is 152 Å². The summed E-state index contributed by atoms with van der Waals surface area (Å²) in [7, 11) is 2.60. The molecule has 0 aliphatic rings. The number of ether oxygens (including phenoxy) is 2. The molecule has 0 spiro atoms. The Morgan fingerprint density at radius 2 is 1.09 bits per heavy atom. The van der Waals surface area contributed by atoms with E-state index in [9.17, 15) is 0 Å². The molecule has 0 fully saturated rings.